The molecule has 252 valence electrons. The predicted molar refractivity (Wildman–Crippen MR) is 187 cm³/mol. The summed E-state index contributed by atoms with van der Waals surface area (Å²) >= 11 is 0. The molecule has 6 fully saturated rings. The van der Waals surface area contributed by atoms with Gasteiger partial charge in [0.15, 0.2) is 0 Å². The second-order valence-corrected chi connectivity index (χ2v) is 15.4. The summed E-state index contributed by atoms with van der Waals surface area (Å²) in [4.78, 5) is 43.5. The number of carbonyl (C=O) groups is 2. The first-order chi connectivity index (χ1) is 23.1. The summed E-state index contributed by atoms with van der Waals surface area (Å²) < 4.78 is 0. The number of likely N-dealkylation sites (tertiary alicyclic amines) is 2. The minimum absolute atomic E-state index is 0.205. The fourth-order valence-corrected chi connectivity index (χ4v) is 10.2. The van der Waals surface area contributed by atoms with Crippen LogP contribution in [0.3, 0.4) is 0 Å². The van der Waals surface area contributed by atoms with E-state index in [1.807, 2.05) is 9.80 Å². The molecular weight excluding hydrogens is 584 g/mol. The smallest absolute Gasteiger partial charge is 0.251 e. The van der Waals surface area contributed by atoms with Gasteiger partial charge in [0.25, 0.3) is 11.8 Å². The van der Waals surface area contributed by atoms with Crippen molar-refractivity contribution in [2.24, 2.45) is 0 Å². The maximum Gasteiger partial charge on any atom is 0.251 e. The van der Waals surface area contributed by atoms with Crippen LogP contribution in [0.25, 0.3) is 0 Å². The zero-order valence-electron chi connectivity index (χ0n) is 28.3. The maximum absolute atomic E-state index is 14.7. The Kier molecular flexibility index (Phi) is 8.67. The van der Waals surface area contributed by atoms with Crippen LogP contribution < -0.4 is 9.80 Å². The highest BCUT2D eigenvalue weighted by atomic mass is 16.2. The van der Waals surface area contributed by atoms with Gasteiger partial charge in [0, 0.05) is 49.6 Å². The molecule has 8 rings (SSSR count). The minimum atomic E-state index is -0.544. The lowest BCUT2D eigenvalue weighted by molar-refractivity contribution is -0.140. The molecule has 4 saturated heterocycles. The van der Waals surface area contributed by atoms with Gasteiger partial charge < -0.3 is 29.4 Å². The van der Waals surface area contributed by atoms with Gasteiger partial charge in [-0.15, -0.1) is 0 Å². The third-order valence-corrected chi connectivity index (χ3v) is 12.9. The van der Waals surface area contributed by atoms with Gasteiger partial charge in [-0.25, -0.2) is 0 Å². The monoisotopic (exact) mass is 638 g/mol. The summed E-state index contributed by atoms with van der Waals surface area (Å²) in [5, 5.41) is 0. The molecule has 0 bridgehead atoms. The first-order valence-electron chi connectivity index (χ1n) is 18.8. The Morgan fingerprint density at radius 3 is 1.23 bits per heavy atom. The van der Waals surface area contributed by atoms with Gasteiger partial charge in [-0.05, 0) is 75.6 Å². The van der Waals surface area contributed by atoms with Gasteiger partial charge in [0.2, 0.25) is 0 Å². The van der Waals surface area contributed by atoms with Crippen LogP contribution in [0.4, 0.5) is 11.4 Å². The van der Waals surface area contributed by atoms with Crippen molar-refractivity contribution >= 4 is 23.2 Å². The molecule has 0 N–H and O–H groups in total. The van der Waals surface area contributed by atoms with Crippen LogP contribution in [-0.2, 0) is 9.59 Å². The molecule has 4 heterocycles. The fourth-order valence-electron chi connectivity index (χ4n) is 10.2. The van der Waals surface area contributed by atoms with Crippen molar-refractivity contribution in [1.29, 1.82) is 0 Å². The van der Waals surface area contributed by atoms with Crippen LogP contribution in [0.15, 0.2) is 60.7 Å². The van der Waals surface area contributed by atoms with Crippen molar-refractivity contribution in [3.05, 3.63) is 60.7 Å². The van der Waals surface area contributed by atoms with E-state index in [1.54, 1.807) is 0 Å². The second kappa shape index (κ2) is 13.1. The largest absolute Gasteiger partial charge is 0.339 e. The van der Waals surface area contributed by atoms with E-state index < -0.39 is 11.1 Å². The number of carbonyl (C=O) groups excluding carboxylic acids is 2. The van der Waals surface area contributed by atoms with E-state index in [1.165, 1.54) is 64.2 Å². The Hall–Kier alpha value is -3.10. The molecule has 0 unspecified atom stereocenters. The highest BCUT2D eigenvalue weighted by Crippen LogP contribution is 2.44. The Morgan fingerprint density at radius 2 is 0.872 bits per heavy atom. The number of piperidine rings is 2. The van der Waals surface area contributed by atoms with Crippen LogP contribution in [0, 0.1) is 0 Å². The first-order valence-corrected chi connectivity index (χ1v) is 18.8. The van der Waals surface area contributed by atoms with Crippen molar-refractivity contribution in [1.82, 2.24) is 19.6 Å². The average molecular weight is 639 g/mol. The second-order valence-electron chi connectivity index (χ2n) is 15.4. The molecule has 8 heteroatoms. The summed E-state index contributed by atoms with van der Waals surface area (Å²) in [6.45, 7) is 5.30. The lowest BCUT2D eigenvalue weighted by atomic mass is 9.83. The van der Waals surface area contributed by atoms with Crippen LogP contribution in [0.5, 0.6) is 0 Å². The zero-order chi connectivity index (χ0) is 31.8. The number of para-hydroxylation sites is 2. The van der Waals surface area contributed by atoms with Gasteiger partial charge in [-0.3, -0.25) is 9.59 Å². The third-order valence-electron chi connectivity index (χ3n) is 12.9. The number of amides is 2. The van der Waals surface area contributed by atoms with Crippen molar-refractivity contribution in [3.63, 3.8) is 0 Å². The van der Waals surface area contributed by atoms with Gasteiger partial charge in [0.05, 0.1) is 20.0 Å². The molecule has 6 aliphatic rings. The number of anilines is 2. The van der Waals surface area contributed by atoms with E-state index in [0.717, 1.165) is 63.2 Å². The summed E-state index contributed by atoms with van der Waals surface area (Å²) in [6.07, 6.45) is 16.6. The summed E-state index contributed by atoms with van der Waals surface area (Å²) in [7, 11) is 0. The summed E-state index contributed by atoms with van der Waals surface area (Å²) in [5.41, 5.74) is 1.13. The molecule has 47 heavy (non-hydrogen) atoms. The molecule has 8 nitrogen and oxygen atoms in total. The SMILES string of the molecule is O=C1N(CN2CN(c3ccccc3)C3(CCN(C4CCCCC4)CC3)C2=O)CN(c2ccccc2)C12CCN(C1CCCCC1)CC2. The van der Waals surface area contributed by atoms with Crippen LogP contribution in [0.1, 0.15) is 89.9 Å². The van der Waals surface area contributed by atoms with Crippen molar-refractivity contribution < 1.29 is 9.59 Å². The van der Waals surface area contributed by atoms with Gasteiger partial charge in [-0.2, -0.15) is 0 Å². The molecule has 0 aromatic heterocycles. The standard InChI is InChI=1S/C39H54N6O2/c46-36-38(21-25-40(26-22-38)32-13-5-1-6-14-32)44(34-17-9-3-10-18-34)30-42(36)29-43-31-45(35-19-11-4-12-20-35)39(37(43)47)23-27-41(28-24-39)33-15-7-2-8-16-33/h3-4,9-12,17-20,32-33H,1-2,5-8,13-16,21-31H2. The van der Waals surface area contributed by atoms with Gasteiger partial charge in [0.1, 0.15) is 11.1 Å². The lowest BCUT2D eigenvalue weighted by Gasteiger charge is -2.46. The van der Waals surface area contributed by atoms with Crippen molar-refractivity contribution in [2.45, 2.75) is 113 Å². The lowest BCUT2D eigenvalue weighted by Crippen LogP contribution is -2.58. The molecule has 2 amide bonds. The summed E-state index contributed by atoms with van der Waals surface area (Å²) in [5.74, 6) is 0.411. The molecule has 0 radical (unpaired) electrons. The number of hydrogen-bond donors (Lipinski definition) is 0. The van der Waals surface area contributed by atoms with Crippen LogP contribution in [-0.4, -0.2) is 101 Å². The number of rotatable bonds is 6. The van der Waals surface area contributed by atoms with Crippen LogP contribution in [0.2, 0.25) is 0 Å². The van der Waals surface area contributed by atoms with E-state index in [0.29, 0.717) is 32.1 Å². The number of benzene rings is 2. The number of nitrogens with zero attached hydrogens (tertiary/aromatic N) is 6. The van der Waals surface area contributed by atoms with Crippen LogP contribution >= 0.6 is 0 Å². The number of hydrogen-bond acceptors (Lipinski definition) is 6. The topological polar surface area (TPSA) is 53.6 Å². The van der Waals surface area contributed by atoms with E-state index in [-0.39, 0.29) is 11.8 Å². The molecule has 4 aliphatic heterocycles. The molecular formula is C39H54N6O2. The average Bonchev–Trinajstić information content (AvgIpc) is 3.56. The Bertz CT molecular complexity index is 1270. The predicted octanol–water partition coefficient (Wildman–Crippen LogP) is 5.89. The quantitative estimate of drug-likeness (QED) is 0.394. The Labute approximate surface area is 281 Å². The maximum atomic E-state index is 14.7. The third kappa shape index (κ3) is 5.63. The van der Waals surface area contributed by atoms with Crippen molar-refractivity contribution in [2.75, 3.05) is 56.0 Å². The fraction of sp³-hybridized carbons (Fsp3) is 0.641. The molecule has 2 aromatic rings. The van der Waals surface area contributed by atoms with Gasteiger partial charge in [-0.1, -0.05) is 74.9 Å². The normalized spacial score (nSPS) is 26.3. The van der Waals surface area contributed by atoms with E-state index >= 15 is 0 Å². The first kappa shape index (κ1) is 31.2. The Balaban J connectivity index is 1.03. The molecule has 0 atom stereocenters. The van der Waals surface area contributed by atoms with E-state index in [4.69, 9.17) is 0 Å². The highest BCUT2D eigenvalue weighted by molar-refractivity contribution is 5.96. The highest BCUT2D eigenvalue weighted by Gasteiger charge is 2.58. The molecule has 2 aliphatic carbocycles. The molecule has 2 spiro atoms. The van der Waals surface area contributed by atoms with E-state index in [2.05, 4.69) is 80.3 Å². The zero-order valence-corrected chi connectivity index (χ0v) is 28.3. The molecule has 2 saturated carbocycles. The summed E-state index contributed by atoms with van der Waals surface area (Å²) in [6, 6.07) is 22.4. The van der Waals surface area contributed by atoms with E-state index in [9.17, 15) is 9.59 Å². The van der Waals surface area contributed by atoms with Gasteiger partial charge >= 0.3 is 0 Å². The minimum Gasteiger partial charge on any atom is -0.339 e. The Morgan fingerprint density at radius 1 is 0.511 bits per heavy atom. The molecule has 2 aromatic carbocycles. The van der Waals surface area contributed by atoms with Crippen molar-refractivity contribution in [3.8, 4) is 0 Å².